The van der Waals surface area contributed by atoms with E-state index in [0.29, 0.717) is 25.8 Å². The number of nitrogens with zero attached hydrogens (tertiary/aromatic N) is 1. The Labute approximate surface area is 143 Å². The van der Waals surface area contributed by atoms with Gasteiger partial charge in [0.15, 0.2) is 0 Å². The normalized spacial score (nSPS) is 20.7. The highest BCUT2D eigenvalue weighted by Gasteiger charge is 2.44. The van der Waals surface area contributed by atoms with Gasteiger partial charge < -0.3 is 20.9 Å². The summed E-state index contributed by atoms with van der Waals surface area (Å²) in [5.74, 6) is -1.05. The summed E-state index contributed by atoms with van der Waals surface area (Å²) < 4.78 is 0. The van der Waals surface area contributed by atoms with Gasteiger partial charge in [0, 0.05) is 19.0 Å². The molecule has 2 rings (SSSR count). The molecule has 1 fully saturated rings. The maximum absolute atomic E-state index is 11.8. The van der Waals surface area contributed by atoms with E-state index in [-0.39, 0.29) is 12.2 Å². The summed E-state index contributed by atoms with van der Waals surface area (Å²) in [6.07, 6.45) is 2.53. The Hall–Kier alpha value is -1.41. The second-order valence-electron chi connectivity index (χ2n) is 6.78. The number of carboxylic acid groups (broad SMARTS) is 1. The zero-order chi connectivity index (χ0) is 17.6. The number of unbranched alkanes of at least 4 members (excludes halogenated alkanes) is 1. The summed E-state index contributed by atoms with van der Waals surface area (Å²) in [7, 11) is -1.34. The molecule has 2 atom stereocenters. The molecule has 1 saturated heterocycles. The van der Waals surface area contributed by atoms with Crippen molar-refractivity contribution in [2.24, 2.45) is 11.7 Å². The van der Waals surface area contributed by atoms with Gasteiger partial charge >= 0.3 is 13.1 Å². The first-order valence-electron chi connectivity index (χ1n) is 8.56. The Morgan fingerprint density at radius 3 is 2.62 bits per heavy atom. The number of rotatable bonds is 9. The van der Waals surface area contributed by atoms with E-state index in [4.69, 9.17) is 15.8 Å². The highest BCUT2D eigenvalue weighted by molar-refractivity contribution is 6.40. The summed E-state index contributed by atoms with van der Waals surface area (Å²) in [5, 5.41) is 27.4. The number of hydrogen-bond donors (Lipinski definition) is 4. The van der Waals surface area contributed by atoms with Gasteiger partial charge in [-0.3, -0.25) is 9.69 Å². The molecule has 24 heavy (non-hydrogen) atoms. The zero-order valence-corrected chi connectivity index (χ0v) is 14.0. The van der Waals surface area contributed by atoms with Crippen molar-refractivity contribution in [1.82, 2.24) is 4.90 Å². The predicted molar refractivity (Wildman–Crippen MR) is 93.2 cm³/mol. The molecule has 0 bridgehead atoms. The molecule has 0 amide bonds. The average Bonchev–Trinajstić information content (AvgIpc) is 3.01. The molecule has 0 radical (unpaired) electrons. The van der Waals surface area contributed by atoms with Crippen molar-refractivity contribution in [1.29, 1.82) is 0 Å². The van der Waals surface area contributed by atoms with Crippen molar-refractivity contribution in [3.63, 3.8) is 0 Å². The van der Waals surface area contributed by atoms with Gasteiger partial charge in [0.1, 0.15) is 5.54 Å². The van der Waals surface area contributed by atoms with Crippen LogP contribution >= 0.6 is 0 Å². The Balaban J connectivity index is 1.90. The largest absolute Gasteiger partial charge is 0.480 e. The lowest BCUT2D eigenvalue weighted by molar-refractivity contribution is -0.145. The molecule has 1 aliphatic heterocycles. The van der Waals surface area contributed by atoms with E-state index in [0.717, 1.165) is 19.5 Å². The molecule has 1 heterocycles. The average molecular weight is 334 g/mol. The minimum absolute atomic E-state index is 0.0854. The Kier molecular flexibility index (Phi) is 6.80. The molecule has 6 nitrogen and oxygen atoms in total. The maximum Gasteiger partial charge on any atom is 0.451 e. The quantitative estimate of drug-likeness (QED) is 0.395. The summed E-state index contributed by atoms with van der Waals surface area (Å²) in [5.41, 5.74) is 6.24. The van der Waals surface area contributed by atoms with Gasteiger partial charge in [-0.1, -0.05) is 43.2 Å². The van der Waals surface area contributed by atoms with Crippen LogP contribution in [0.3, 0.4) is 0 Å². The highest BCUT2D eigenvalue weighted by Crippen LogP contribution is 2.31. The number of aliphatic carboxylic acids is 1. The monoisotopic (exact) mass is 334 g/mol. The van der Waals surface area contributed by atoms with Crippen LogP contribution < -0.4 is 5.73 Å². The van der Waals surface area contributed by atoms with Crippen LogP contribution in [0, 0.1) is 5.92 Å². The lowest BCUT2D eigenvalue weighted by atomic mass is 9.77. The van der Waals surface area contributed by atoms with Crippen LogP contribution in [0.1, 0.15) is 31.2 Å². The second-order valence-corrected chi connectivity index (χ2v) is 6.78. The Morgan fingerprint density at radius 1 is 1.29 bits per heavy atom. The third-order valence-corrected chi connectivity index (χ3v) is 4.95. The van der Waals surface area contributed by atoms with E-state index >= 15 is 0 Å². The van der Waals surface area contributed by atoms with E-state index in [9.17, 15) is 9.90 Å². The molecule has 0 aliphatic carbocycles. The fourth-order valence-electron chi connectivity index (χ4n) is 3.47. The maximum atomic E-state index is 11.8. The third-order valence-electron chi connectivity index (χ3n) is 4.95. The van der Waals surface area contributed by atoms with Crippen molar-refractivity contribution >= 4 is 13.1 Å². The van der Waals surface area contributed by atoms with Gasteiger partial charge in [0.25, 0.3) is 0 Å². The van der Waals surface area contributed by atoms with Crippen LogP contribution in [0.2, 0.25) is 6.32 Å². The first-order valence-corrected chi connectivity index (χ1v) is 8.56. The van der Waals surface area contributed by atoms with Crippen molar-refractivity contribution < 1.29 is 19.9 Å². The SMILES string of the molecule is NC(CCCCB(O)O)(C(=O)O)C1CCN(Cc2ccccc2)C1. The van der Waals surface area contributed by atoms with Gasteiger partial charge in [-0.25, -0.2) is 0 Å². The van der Waals surface area contributed by atoms with Gasteiger partial charge in [-0.2, -0.15) is 0 Å². The lowest BCUT2D eigenvalue weighted by Gasteiger charge is -2.31. The standard InChI is InChI=1S/C17H27BN2O4/c19-17(16(21)22,9-4-5-10-18(23)24)15-8-11-20(13-15)12-14-6-2-1-3-7-14/h1-3,6-7,15,23-24H,4-5,8-13,19H2,(H,21,22). The lowest BCUT2D eigenvalue weighted by Crippen LogP contribution is -2.55. The number of likely N-dealkylation sites (tertiary alicyclic amines) is 1. The van der Waals surface area contributed by atoms with Crippen LogP contribution in [-0.4, -0.2) is 51.8 Å². The van der Waals surface area contributed by atoms with Crippen LogP contribution in [0.25, 0.3) is 0 Å². The fourth-order valence-corrected chi connectivity index (χ4v) is 3.47. The number of carboxylic acids is 1. The molecule has 1 aromatic rings. The van der Waals surface area contributed by atoms with Crippen molar-refractivity contribution in [2.45, 2.75) is 44.1 Å². The van der Waals surface area contributed by atoms with E-state index in [2.05, 4.69) is 17.0 Å². The Bertz CT molecular complexity index is 529. The van der Waals surface area contributed by atoms with Crippen molar-refractivity contribution in [3.8, 4) is 0 Å². The molecular weight excluding hydrogens is 307 g/mol. The predicted octanol–water partition coefficient (Wildman–Crippen LogP) is 0.934. The molecule has 0 saturated carbocycles. The van der Waals surface area contributed by atoms with Gasteiger partial charge in [-0.05, 0) is 31.3 Å². The first kappa shape index (κ1) is 18.9. The van der Waals surface area contributed by atoms with Crippen molar-refractivity contribution in [3.05, 3.63) is 35.9 Å². The van der Waals surface area contributed by atoms with Crippen LogP contribution in [0.5, 0.6) is 0 Å². The first-order chi connectivity index (χ1) is 11.4. The van der Waals surface area contributed by atoms with Gasteiger partial charge in [0.05, 0.1) is 0 Å². The van der Waals surface area contributed by atoms with Crippen LogP contribution in [0.15, 0.2) is 30.3 Å². The fraction of sp³-hybridized carbons (Fsp3) is 0.588. The van der Waals surface area contributed by atoms with E-state index in [1.807, 2.05) is 18.2 Å². The highest BCUT2D eigenvalue weighted by atomic mass is 16.4. The van der Waals surface area contributed by atoms with Crippen LogP contribution in [-0.2, 0) is 11.3 Å². The zero-order valence-electron chi connectivity index (χ0n) is 14.0. The summed E-state index contributed by atoms with van der Waals surface area (Å²) in [6, 6.07) is 10.1. The summed E-state index contributed by atoms with van der Waals surface area (Å²) >= 11 is 0. The van der Waals surface area contributed by atoms with E-state index in [1.54, 1.807) is 0 Å². The number of hydrogen-bond acceptors (Lipinski definition) is 5. The van der Waals surface area contributed by atoms with E-state index in [1.165, 1.54) is 5.56 Å². The van der Waals surface area contributed by atoms with Gasteiger partial charge in [0.2, 0.25) is 0 Å². The number of benzene rings is 1. The van der Waals surface area contributed by atoms with Crippen molar-refractivity contribution in [2.75, 3.05) is 13.1 Å². The minimum atomic E-state index is -1.34. The molecule has 0 spiro atoms. The molecule has 5 N–H and O–H groups in total. The second kappa shape index (κ2) is 8.62. The third kappa shape index (κ3) is 5.04. The molecule has 1 aromatic carbocycles. The number of nitrogens with two attached hydrogens (primary N) is 1. The number of carbonyl (C=O) groups is 1. The molecule has 2 unspecified atom stereocenters. The topological polar surface area (TPSA) is 107 Å². The van der Waals surface area contributed by atoms with Gasteiger partial charge in [-0.15, -0.1) is 0 Å². The summed E-state index contributed by atoms with van der Waals surface area (Å²) in [6.45, 7) is 2.34. The van der Waals surface area contributed by atoms with Crippen LogP contribution in [0.4, 0.5) is 0 Å². The smallest absolute Gasteiger partial charge is 0.451 e. The molecule has 7 heteroatoms. The summed E-state index contributed by atoms with van der Waals surface area (Å²) in [4.78, 5) is 14.0. The Morgan fingerprint density at radius 2 is 2.00 bits per heavy atom. The molecule has 0 aromatic heterocycles. The minimum Gasteiger partial charge on any atom is -0.480 e. The molecule has 1 aliphatic rings. The van der Waals surface area contributed by atoms with E-state index < -0.39 is 18.6 Å². The molecular formula is C17H27BN2O4. The molecule has 132 valence electrons.